The molecule has 0 radical (unpaired) electrons. The molecule has 0 fully saturated rings. The molecule has 0 spiro atoms. The lowest BCUT2D eigenvalue weighted by molar-refractivity contribution is 0.303. The van der Waals surface area contributed by atoms with E-state index in [2.05, 4.69) is 15.0 Å². The smallest absolute Gasteiger partial charge is 0.187 e. The van der Waals surface area contributed by atoms with Gasteiger partial charge in [-0.1, -0.05) is 6.42 Å². The third kappa shape index (κ3) is 4.19. The van der Waals surface area contributed by atoms with Gasteiger partial charge in [0.2, 0.25) is 0 Å². The summed E-state index contributed by atoms with van der Waals surface area (Å²) in [5.74, 6) is 2.98. The van der Waals surface area contributed by atoms with Crippen molar-refractivity contribution >= 4 is 17.7 Å². The van der Waals surface area contributed by atoms with Crippen LogP contribution < -0.4 is 0 Å². The molecule has 116 valence electrons. The highest BCUT2D eigenvalue weighted by Gasteiger charge is 2.24. The number of unbranched alkanes of at least 4 members (excludes halogenated alkanes) is 1. The van der Waals surface area contributed by atoms with E-state index in [0.29, 0.717) is 19.1 Å². The summed E-state index contributed by atoms with van der Waals surface area (Å²) in [4.78, 5) is 13.2. The molecule has 0 aromatic rings. The van der Waals surface area contributed by atoms with E-state index in [9.17, 15) is 0 Å². The lowest BCUT2D eigenvalue weighted by atomic mass is 9.97. The number of hydrogen-bond donors (Lipinski definition) is 0. The van der Waals surface area contributed by atoms with Gasteiger partial charge in [-0.25, -0.2) is 0 Å². The lowest BCUT2D eigenvalue weighted by Crippen LogP contribution is -2.19. The highest BCUT2D eigenvalue weighted by Crippen LogP contribution is 2.21. The van der Waals surface area contributed by atoms with Crippen LogP contribution in [0.5, 0.6) is 0 Å². The third-order valence-corrected chi connectivity index (χ3v) is 3.87. The predicted molar refractivity (Wildman–Crippen MR) is 81.3 cm³/mol. The first-order valence-corrected chi connectivity index (χ1v) is 7.91. The molecule has 3 aliphatic heterocycles. The Hall–Kier alpha value is -1.59. The molecule has 3 aliphatic rings. The first-order chi connectivity index (χ1) is 10.4. The summed E-state index contributed by atoms with van der Waals surface area (Å²) in [5, 5.41) is 0. The van der Waals surface area contributed by atoms with Crippen molar-refractivity contribution in [2.24, 2.45) is 20.9 Å². The summed E-state index contributed by atoms with van der Waals surface area (Å²) in [7, 11) is 0. The van der Waals surface area contributed by atoms with Crippen LogP contribution in [0.15, 0.2) is 15.0 Å². The van der Waals surface area contributed by atoms with E-state index in [0.717, 1.165) is 76.0 Å². The molecule has 0 saturated heterocycles. The fourth-order valence-corrected chi connectivity index (χ4v) is 2.82. The van der Waals surface area contributed by atoms with Gasteiger partial charge in [0.25, 0.3) is 0 Å². The summed E-state index contributed by atoms with van der Waals surface area (Å²) >= 11 is 0. The average molecular weight is 293 g/mol. The zero-order valence-corrected chi connectivity index (χ0v) is 12.4. The molecular weight excluding hydrogens is 270 g/mol. The Morgan fingerprint density at radius 2 is 1.52 bits per heavy atom. The molecule has 1 atom stereocenters. The maximum absolute atomic E-state index is 5.65. The molecule has 0 saturated carbocycles. The van der Waals surface area contributed by atoms with Crippen molar-refractivity contribution in [3.8, 4) is 0 Å². The SMILES string of the molecule is C(CCC(CC1=NCCO1)C1=NCCO1)CC1=NCCO1. The molecule has 0 amide bonds. The van der Waals surface area contributed by atoms with Gasteiger partial charge < -0.3 is 14.2 Å². The fraction of sp³-hybridized carbons (Fsp3) is 0.800. The molecule has 6 nitrogen and oxygen atoms in total. The normalized spacial score (nSPS) is 22.0. The van der Waals surface area contributed by atoms with Gasteiger partial charge in [-0.2, -0.15) is 0 Å². The second kappa shape index (κ2) is 7.43. The Balaban J connectivity index is 1.44. The van der Waals surface area contributed by atoms with Crippen molar-refractivity contribution in [1.82, 2.24) is 0 Å². The molecular formula is C15H23N3O3. The maximum atomic E-state index is 5.65. The largest absolute Gasteiger partial charge is 0.479 e. The average Bonchev–Trinajstić information content (AvgIpc) is 3.25. The van der Waals surface area contributed by atoms with Crippen LogP contribution in [0.1, 0.15) is 32.1 Å². The second-order valence-corrected chi connectivity index (χ2v) is 5.46. The van der Waals surface area contributed by atoms with Crippen LogP contribution >= 0.6 is 0 Å². The van der Waals surface area contributed by atoms with Crippen molar-refractivity contribution in [2.45, 2.75) is 32.1 Å². The van der Waals surface area contributed by atoms with E-state index in [1.165, 1.54) is 0 Å². The van der Waals surface area contributed by atoms with E-state index in [1.54, 1.807) is 0 Å². The van der Waals surface area contributed by atoms with Gasteiger partial charge in [-0.05, 0) is 12.8 Å². The minimum absolute atomic E-state index is 0.302. The monoisotopic (exact) mass is 293 g/mol. The van der Waals surface area contributed by atoms with E-state index in [1.807, 2.05) is 0 Å². The zero-order valence-electron chi connectivity index (χ0n) is 12.4. The number of hydrogen-bond acceptors (Lipinski definition) is 6. The Labute approximate surface area is 125 Å². The first kappa shape index (κ1) is 14.4. The van der Waals surface area contributed by atoms with Gasteiger partial charge in [0, 0.05) is 18.8 Å². The third-order valence-electron chi connectivity index (χ3n) is 3.87. The summed E-state index contributed by atoms with van der Waals surface area (Å²) in [5.41, 5.74) is 0. The molecule has 6 heteroatoms. The summed E-state index contributed by atoms with van der Waals surface area (Å²) in [6.07, 6.45) is 5.01. The van der Waals surface area contributed by atoms with Crippen LogP contribution in [0, 0.1) is 5.92 Å². The Bertz CT molecular complexity index is 445. The van der Waals surface area contributed by atoms with Gasteiger partial charge >= 0.3 is 0 Å². The molecule has 21 heavy (non-hydrogen) atoms. The Morgan fingerprint density at radius 3 is 2.19 bits per heavy atom. The number of rotatable bonds is 8. The van der Waals surface area contributed by atoms with Gasteiger partial charge in [-0.3, -0.25) is 15.0 Å². The molecule has 0 aromatic heterocycles. The zero-order chi connectivity index (χ0) is 14.3. The van der Waals surface area contributed by atoms with Gasteiger partial charge in [0.15, 0.2) is 17.7 Å². The van der Waals surface area contributed by atoms with Crippen molar-refractivity contribution in [1.29, 1.82) is 0 Å². The molecule has 0 aliphatic carbocycles. The van der Waals surface area contributed by atoms with Crippen molar-refractivity contribution in [2.75, 3.05) is 39.5 Å². The quantitative estimate of drug-likeness (QED) is 0.641. The summed E-state index contributed by atoms with van der Waals surface area (Å²) in [6, 6.07) is 0. The van der Waals surface area contributed by atoms with E-state index in [4.69, 9.17) is 14.2 Å². The standard InChI is InChI=1S/C15H23N3O3/c1(2-4-13-16-5-8-19-13)3-12(15-18-7-10-21-15)11-14-17-6-9-20-14/h12H,1-11H2. The second-order valence-electron chi connectivity index (χ2n) is 5.46. The van der Waals surface area contributed by atoms with Crippen LogP contribution in [0.25, 0.3) is 0 Å². The van der Waals surface area contributed by atoms with Gasteiger partial charge in [-0.15, -0.1) is 0 Å². The fourth-order valence-electron chi connectivity index (χ4n) is 2.82. The highest BCUT2D eigenvalue weighted by atomic mass is 16.5. The van der Waals surface area contributed by atoms with Gasteiger partial charge in [0.1, 0.15) is 19.8 Å². The van der Waals surface area contributed by atoms with E-state index < -0.39 is 0 Å². The van der Waals surface area contributed by atoms with E-state index >= 15 is 0 Å². The van der Waals surface area contributed by atoms with Crippen molar-refractivity contribution in [3.05, 3.63) is 0 Å². The predicted octanol–water partition coefficient (Wildman–Crippen LogP) is 1.84. The van der Waals surface area contributed by atoms with Crippen LogP contribution in [-0.4, -0.2) is 57.1 Å². The topological polar surface area (TPSA) is 64.8 Å². The Morgan fingerprint density at radius 1 is 0.810 bits per heavy atom. The Kier molecular flexibility index (Phi) is 5.08. The molecule has 3 heterocycles. The number of aliphatic imine (C=N–C) groups is 3. The molecule has 0 bridgehead atoms. The minimum atomic E-state index is 0.302. The molecule has 1 unspecified atom stereocenters. The van der Waals surface area contributed by atoms with Gasteiger partial charge in [0.05, 0.1) is 19.6 Å². The van der Waals surface area contributed by atoms with Crippen LogP contribution in [-0.2, 0) is 14.2 Å². The number of ether oxygens (including phenoxy) is 3. The number of nitrogens with zero attached hydrogens (tertiary/aromatic N) is 3. The molecule has 3 rings (SSSR count). The molecule has 0 aromatic carbocycles. The molecule has 0 N–H and O–H groups in total. The van der Waals surface area contributed by atoms with Crippen LogP contribution in [0.4, 0.5) is 0 Å². The van der Waals surface area contributed by atoms with Crippen LogP contribution in [0.3, 0.4) is 0 Å². The summed E-state index contributed by atoms with van der Waals surface area (Å²) in [6.45, 7) is 4.56. The lowest BCUT2D eigenvalue weighted by Gasteiger charge is -2.16. The summed E-state index contributed by atoms with van der Waals surface area (Å²) < 4.78 is 16.6. The van der Waals surface area contributed by atoms with Crippen LogP contribution in [0.2, 0.25) is 0 Å². The van der Waals surface area contributed by atoms with E-state index in [-0.39, 0.29) is 0 Å². The minimum Gasteiger partial charge on any atom is -0.479 e. The highest BCUT2D eigenvalue weighted by molar-refractivity contribution is 5.87. The van der Waals surface area contributed by atoms with Crippen molar-refractivity contribution < 1.29 is 14.2 Å². The first-order valence-electron chi connectivity index (χ1n) is 7.91. The van der Waals surface area contributed by atoms with Crippen molar-refractivity contribution in [3.63, 3.8) is 0 Å². The maximum Gasteiger partial charge on any atom is 0.187 e.